The van der Waals surface area contributed by atoms with Gasteiger partial charge < -0.3 is 5.32 Å². The fraction of sp³-hybridized carbons (Fsp3) is 0.273. The van der Waals surface area contributed by atoms with E-state index in [0.717, 1.165) is 16.1 Å². The van der Waals surface area contributed by atoms with Crippen molar-refractivity contribution in [3.8, 4) is 0 Å². The topological polar surface area (TPSA) is 84.0 Å². The lowest BCUT2D eigenvalue weighted by atomic mass is 10.0. The lowest BCUT2D eigenvalue weighted by Crippen LogP contribution is -2.47. The molecule has 0 saturated carbocycles. The van der Waals surface area contributed by atoms with Crippen molar-refractivity contribution in [3.05, 3.63) is 76.3 Å². The number of hydrogen-bond donors (Lipinski definition) is 2. The van der Waals surface area contributed by atoms with Crippen molar-refractivity contribution in [2.24, 2.45) is 5.92 Å². The minimum absolute atomic E-state index is 0.0823. The highest BCUT2D eigenvalue weighted by atomic mass is 32.1. The van der Waals surface area contributed by atoms with Crippen LogP contribution in [0.4, 0.5) is 5.13 Å². The molecule has 6 nitrogen and oxygen atoms in total. The first kappa shape index (κ1) is 20.7. The van der Waals surface area contributed by atoms with Crippen molar-refractivity contribution in [2.45, 2.75) is 33.2 Å². The van der Waals surface area contributed by atoms with E-state index in [1.807, 2.05) is 63.2 Å². The van der Waals surface area contributed by atoms with E-state index in [-0.39, 0.29) is 17.7 Å². The Kier molecular flexibility index (Phi) is 6.72. The van der Waals surface area contributed by atoms with Crippen LogP contribution in [0.2, 0.25) is 0 Å². The van der Waals surface area contributed by atoms with Crippen LogP contribution >= 0.6 is 11.3 Å². The molecule has 0 aliphatic rings. The maximum atomic E-state index is 12.8. The molecule has 0 fully saturated rings. The number of hydrogen-bond acceptors (Lipinski definition) is 5. The molecule has 0 saturated heterocycles. The molecule has 0 aliphatic carbocycles. The standard InChI is InChI=1S/C22H24N4O2S/c1-14(2)19(23-20(27)17-11-9-15(3)10-12-17)21(28)24-22-26-25-18(29-22)13-16-7-5-4-6-8-16/h4-12,14,19H,13H2,1-3H3,(H,23,27)(H,24,26,28)/t19-/m0/s1. The molecule has 1 heterocycles. The molecular formula is C22H24N4O2S. The van der Waals surface area contributed by atoms with Crippen molar-refractivity contribution >= 4 is 28.3 Å². The number of nitrogens with one attached hydrogen (secondary N) is 2. The first-order valence-corrected chi connectivity index (χ1v) is 10.3. The minimum atomic E-state index is -0.676. The summed E-state index contributed by atoms with van der Waals surface area (Å²) in [5, 5.41) is 15.1. The van der Waals surface area contributed by atoms with Gasteiger partial charge in [-0.05, 0) is 30.5 Å². The predicted molar refractivity (Wildman–Crippen MR) is 115 cm³/mol. The number of amides is 2. The van der Waals surface area contributed by atoms with Gasteiger partial charge in [0, 0.05) is 12.0 Å². The van der Waals surface area contributed by atoms with Gasteiger partial charge in [-0.2, -0.15) is 0 Å². The van der Waals surface area contributed by atoms with Crippen LogP contribution in [0.1, 0.15) is 40.3 Å². The van der Waals surface area contributed by atoms with Gasteiger partial charge in [0.15, 0.2) is 0 Å². The predicted octanol–water partition coefficient (Wildman–Crippen LogP) is 3.83. The van der Waals surface area contributed by atoms with Gasteiger partial charge >= 0.3 is 0 Å². The summed E-state index contributed by atoms with van der Waals surface area (Å²) in [5.41, 5.74) is 2.73. The van der Waals surface area contributed by atoms with Crippen LogP contribution in [0, 0.1) is 12.8 Å². The van der Waals surface area contributed by atoms with Gasteiger partial charge in [0.05, 0.1) is 0 Å². The van der Waals surface area contributed by atoms with E-state index >= 15 is 0 Å². The Morgan fingerprint density at radius 3 is 2.34 bits per heavy atom. The van der Waals surface area contributed by atoms with Gasteiger partial charge in [0.1, 0.15) is 11.0 Å². The quantitative estimate of drug-likeness (QED) is 0.622. The van der Waals surface area contributed by atoms with Crippen LogP contribution in [0.3, 0.4) is 0 Å². The van der Waals surface area contributed by atoms with Gasteiger partial charge in [-0.3, -0.25) is 14.9 Å². The van der Waals surface area contributed by atoms with Gasteiger partial charge in [-0.15, -0.1) is 10.2 Å². The molecule has 2 amide bonds. The van der Waals surface area contributed by atoms with Gasteiger partial charge in [0.25, 0.3) is 5.91 Å². The third kappa shape index (κ3) is 5.71. The largest absolute Gasteiger partial charge is 0.340 e. The monoisotopic (exact) mass is 408 g/mol. The van der Waals surface area contributed by atoms with E-state index in [4.69, 9.17) is 0 Å². The summed E-state index contributed by atoms with van der Waals surface area (Å²) in [4.78, 5) is 25.3. The van der Waals surface area contributed by atoms with Crippen molar-refractivity contribution < 1.29 is 9.59 Å². The number of carbonyl (C=O) groups excluding carboxylic acids is 2. The molecule has 0 radical (unpaired) electrons. The fourth-order valence-corrected chi connectivity index (χ4v) is 3.57. The Morgan fingerprint density at radius 2 is 1.69 bits per heavy atom. The highest BCUT2D eigenvalue weighted by Crippen LogP contribution is 2.19. The first-order valence-electron chi connectivity index (χ1n) is 9.47. The molecule has 2 aromatic carbocycles. The van der Waals surface area contributed by atoms with Crippen LogP contribution in [-0.2, 0) is 11.2 Å². The molecule has 0 aliphatic heterocycles. The average molecular weight is 409 g/mol. The number of aromatic nitrogens is 2. The molecule has 150 valence electrons. The second-order valence-corrected chi connectivity index (χ2v) is 8.28. The normalized spacial score (nSPS) is 11.9. The molecule has 0 bridgehead atoms. The van der Waals surface area contributed by atoms with Crippen LogP contribution in [0.25, 0.3) is 0 Å². The maximum Gasteiger partial charge on any atom is 0.251 e. The van der Waals surface area contributed by atoms with E-state index in [0.29, 0.717) is 17.1 Å². The number of nitrogens with zero attached hydrogens (tertiary/aromatic N) is 2. The average Bonchev–Trinajstić information content (AvgIpc) is 3.13. The van der Waals surface area contributed by atoms with E-state index in [1.54, 1.807) is 12.1 Å². The smallest absolute Gasteiger partial charge is 0.251 e. The molecule has 3 aromatic rings. The Bertz CT molecular complexity index is 968. The lowest BCUT2D eigenvalue weighted by Gasteiger charge is -2.21. The zero-order chi connectivity index (χ0) is 20.8. The van der Waals surface area contributed by atoms with Crippen molar-refractivity contribution in [3.63, 3.8) is 0 Å². The second kappa shape index (κ2) is 9.43. The molecule has 0 spiro atoms. The van der Waals surface area contributed by atoms with E-state index in [2.05, 4.69) is 20.8 Å². The molecule has 29 heavy (non-hydrogen) atoms. The Balaban J connectivity index is 1.64. The number of benzene rings is 2. The summed E-state index contributed by atoms with van der Waals surface area (Å²) >= 11 is 1.34. The molecule has 3 rings (SSSR count). The zero-order valence-corrected chi connectivity index (χ0v) is 17.5. The minimum Gasteiger partial charge on any atom is -0.340 e. The van der Waals surface area contributed by atoms with E-state index < -0.39 is 6.04 Å². The van der Waals surface area contributed by atoms with Crippen LogP contribution in [0.15, 0.2) is 54.6 Å². The number of carbonyl (C=O) groups is 2. The number of rotatable bonds is 7. The number of aryl methyl sites for hydroxylation is 1. The van der Waals surface area contributed by atoms with E-state index in [9.17, 15) is 9.59 Å². The SMILES string of the molecule is Cc1ccc(C(=O)N[C@H](C(=O)Nc2nnc(Cc3ccccc3)s2)C(C)C)cc1. The maximum absolute atomic E-state index is 12.8. The van der Waals surface area contributed by atoms with Gasteiger partial charge in [-0.25, -0.2) is 0 Å². The van der Waals surface area contributed by atoms with Crippen LogP contribution in [0.5, 0.6) is 0 Å². The molecule has 1 atom stereocenters. The highest BCUT2D eigenvalue weighted by Gasteiger charge is 2.25. The molecule has 0 unspecified atom stereocenters. The molecule has 2 N–H and O–H groups in total. The third-order valence-corrected chi connectivity index (χ3v) is 5.28. The fourth-order valence-electron chi connectivity index (χ4n) is 2.79. The summed E-state index contributed by atoms with van der Waals surface area (Å²) in [6, 6.07) is 16.5. The lowest BCUT2D eigenvalue weighted by molar-refractivity contribution is -0.118. The summed E-state index contributed by atoms with van der Waals surface area (Å²) in [6.45, 7) is 5.74. The summed E-state index contributed by atoms with van der Waals surface area (Å²) < 4.78 is 0. The van der Waals surface area contributed by atoms with Crippen molar-refractivity contribution in [1.29, 1.82) is 0 Å². The van der Waals surface area contributed by atoms with Crippen molar-refractivity contribution in [1.82, 2.24) is 15.5 Å². The Morgan fingerprint density at radius 1 is 1.00 bits per heavy atom. The van der Waals surface area contributed by atoms with Gasteiger partial charge in [-0.1, -0.05) is 73.2 Å². The third-order valence-electron chi connectivity index (χ3n) is 4.44. The molecular weight excluding hydrogens is 384 g/mol. The van der Waals surface area contributed by atoms with Crippen LogP contribution < -0.4 is 10.6 Å². The van der Waals surface area contributed by atoms with E-state index in [1.165, 1.54) is 11.3 Å². The zero-order valence-electron chi connectivity index (χ0n) is 16.7. The Hall–Kier alpha value is -3.06. The summed E-state index contributed by atoms with van der Waals surface area (Å²) in [5.74, 6) is -0.662. The summed E-state index contributed by atoms with van der Waals surface area (Å²) in [7, 11) is 0. The highest BCUT2D eigenvalue weighted by molar-refractivity contribution is 7.15. The first-order chi connectivity index (χ1) is 13.9. The van der Waals surface area contributed by atoms with Crippen molar-refractivity contribution in [2.75, 3.05) is 5.32 Å². The summed E-state index contributed by atoms with van der Waals surface area (Å²) in [6.07, 6.45) is 0.659. The second-order valence-electron chi connectivity index (χ2n) is 7.21. The Labute approximate surface area is 174 Å². The number of anilines is 1. The van der Waals surface area contributed by atoms with Crippen LogP contribution in [-0.4, -0.2) is 28.1 Å². The molecule has 7 heteroatoms. The van der Waals surface area contributed by atoms with Gasteiger partial charge in [0.2, 0.25) is 11.0 Å². The molecule has 1 aromatic heterocycles.